The zero-order chi connectivity index (χ0) is 15.2. The van der Waals surface area contributed by atoms with Crippen molar-refractivity contribution < 1.29 is 18.3 Å². The fraction of sp³-hybridized carbons (Fsp3) is 0.267. The van der Waals surface area contributed by atoms with Crippen LogP contribution in [0.15, 0.2) is 30.5 Å². The van der Waals surface area contributed by atoms with E-state index in [-0.39, 0.29) is 5.82 Å². The van der Waals surface area contributed by atoms with Crippen molar-refractivity contribution in [1.29, 1.82) is 0 Å². The van der Waals surface area contributed by atoms with Gasteiger partial charge in [0.2, 0.25) is 0 Å². The number of hydrogen-bond donors (Lipinski definition) is 1. The van der Waals surface area contributed by atoms with E-state index in [1.165, 1.54) is 0 Å². The molecule has 1 N–H and O–H groups in total. The lowest BCUT2D eigenvalue weighted by Gasteiger charge is -2.10. The monoisotopic (exact) mass is 294 g/mol. The van der Waals surface area contributed by atoms with Crippen LogP contribution in [-0.2, 0) is 6.42 Å². The van der Waals surface area contributed by atoms with Gasteiger partial charge in [-0.15, -0.1) is 0 Å². The lowest BCUT2D eigenvalue weighted by atomic mass is 10.1. The summed E-state index contributed by atoms with van der Waals surface area (Å²) in [4.78, 5) is 3.66. The number of pyridine rings is 1. The zero-order valence-corrected chi connectivity index (χ0v) is 11.8. The van der Waals surface area contributed by atoms with Gasteiger partial charge in [-0.25, -0.2) is 13.8 Å². The van der Waals surface area contributed by atoms with E-state index in [4.69, 9.17) is 9.47 Å². The number of aromatic nitrogens is 1. The van der Waals surface area contributed by atoms with Crippen LogP contribution in [0.5, 0.6) is 11.5 Å². The van der Waals surface area contributed by atoms with E-state index in [1.54, 1.807) is 14.2 Å². The van der Waals surface area contributed by atoms with Crippen molar-refractivity contribution in [3.8, 4) is 11.5 Å². The van der Waals surface area contributed by atoms with Crippen LogP contribution in [0.25, 0.3) is 0 Å². The standard InChI is InChI=1S/C15H16F2N2O2/c1-20-13-4-3-10(7-14(13)21-2)5-6-18-15-12(17)8-11(16)9-19-15/h3-4,7-9H,5-6H2,1-2H3,(H,18,19). The molecule has 0 spiro atoms. The summed E-state index contributed by atoms with van der Waals surface area (Å²) >= 11 is 0. The van der Waals surface area contributed by atoms with Crippen LogP contribution < -0.4 is 14.8 Å². The Kier molecular flexibility index (Phi) is 4.92. The van der Waals surface area contributed by atoms with Gasteiger partial charge in [0.15, 0.2) is 23.1 Å². The molecule has 0 unspecified atom stereocenters. The normalized spacial score (nSPS) is 10.3. The maximum atomic E-state index is 13.4. The molecule has 2 aromatic rings. The highest BCUT2D eigenvalue weighted by molar-refractivity contribution is 5.43. The second-order valence-corrected chi connectivity index (χ2v) is 4.35. The number of hydrogen-bond acceptors (Lipinski definition) is 4. The first-order chi connectivity index (χ1) is 10.1. The number of anilines is 1. The number of nitrogens with zero attached hydrogens (tertiary/aromatic N) is 1. The first-order valence-corrected chi connectivity index (χ1v) is 6.40. The zero-order valence-electron chi connectivity index (χ0n) is 11.8. The fourth-order valence-electron chi connectivity index (χ4n) is 1.91. The average Bonchev–Trinajstić information content (AvgIpc) is 2.49. The van der Waals surface area contributed by atoms with Crippen LogP contribution in [0, 0.1) is 11.6 Å². The molecule has 0 bridgehead atoms. The van der Waals surface area contributed by atoms with Crippen molar-refractivity contribution in [3.05, 3.63) is 47.7 Å². The molecule has 2 rings (SSSR count). The predicted molar refractivity (Wildman–Crippen MR) is 75.9 cm³/mol. The van der Waals surface area contributed by atoms with Crippen molar-refractivity contribution in [3.63, 3.8) is 0 Å². The number of halogens is 2. The molecule has 0 saturated heterocycles. The average molecular weight is 294 g/mol. The van der Waals surface area contributed by atoms with Crippen molar-refractivity contribution in [1.82, 2.24) is 4.98 Å². The van der Waals surface area contributed by atoms with Gasteiger partial charge in [0.25, 0.3) is 0 Å². The summed E-state index contributed by atoms with van der Waals surface area (Å²) in [5, 5.41) is 2.83. The summed E-state index contributed by atoms with van der Waals surface area (Å²) in [6.07, 6.45) is 1.61. The molecular weight excluding hydrogens is 278 g/mol. The lowest BCUT2D eigenvalue weighted by molar-refractivity contribution is 0.354. The minimum Gasteiger partial charge on any atom is -0.493 e. The summed E-state index contributed by atoms with van der Waals surface area (Å²) in [6, 6.07) is 6.36. The summed E-state index contributed by atoms with van der Waals surface area (Å²) in [5.74, 6) is -0.0707. The lowest BCUT2D eigenvalue weighted by Crippen LogP contribution is -2.08. The molecule has 4 nitrogen and oxygen atoms in total. The van der Waals surface area contributed by atoms with Crippen LogP contribution in [0.3, 0.4) is 0 Å². The number of nitrogens with one attached hydrogen (secondary N) is 1. The first kappa shape index (κ1) is 15.0. The second kappa shape index (κ2) is 6.88. The largest absolute Gasteiger partial charge is 0.493 e. The molecule has 0 radical (unpaired) electrons. The Labute approximate surface area is 121 Å². The smallest absolute Gasteiger partial charge is 0.168 e. The van der Waals surface area contributed by atoms with Gasteiger partial charge in [-0.2, -0.15) is 0 Å². The highest BCUT2D eigenvalue weighted by Gasteiger charge is 2.06. The molecule has 0 aliphatic carbocycles. The van der Waals surface area contributed by atoms with E-state index in [0.29, 0.717) is 24.5 Å². The maximum absolute atomic E-state index is 13.4. The Morgan fingerprint density at radius 1 is 1.10 bits per heavy atom. The van der Waals surface area contributed by atoms with E-state index in [0.717, 1.165) is 17.8 Å². The van der Waals surface area contributed by atoms with Gasteiger partial charge in [-0.3, -0.25) is 0 Å². The molecule has 0 saturated carbocycles. The molecule has 0 aliphatic rings. The molecule has 21 heavy (non-hydrogen) atoms. The number of ether oxygens (including phenoxy) is 2. The van der Waals surface area contributed by atoms with Gasteiger partial charge in [-0.05, 0) is 24.1 Å². The molecule has 0 amide bonds. The molecule has 6 heteroatoms. The summed E-state index contributed by atoms with van der Waals surface area (Å²) < 4.78 is 36.5. The molecule has 0 atom stereocenters. The van der Waals surface area contributed by atoms with Crippen LogP contribution in [0.4, 0.5) is 14.6 Å². The van der Waals surface area contributed by atoms with E-state index in [1.807, 2.05) is 18.2 Å². The van der Waals surface area contributed by atoms with Gasteiger partial charge in [-0.1, -0.05) is 6.07 Å². The van der Waals surface area contributed by atoms with Crippen LogP contribution in [0.2, 0.25) is 0 Å². The topological polar surface area (TPSA) is 43.4 Å². The number of rotatable bonds is 6. The fourth-order valence-corrected chi connectivity index (χ4v) is 1.91. The quantitative estimate of drug-likeness (QED) is 0.889. The third kappa shape index (κ3) is 3.81. The van der Waals surface area contributed by atoms with Gasteiger partial charge in [0, 0.05) is 12.6 Å². The highest BCUT2D eigenvalue weighted by atomic mass is 19.1. The van der Waals surface area contributed by atoms with Crippen LogP contribution in [-0.4, -0.2) is 25.7 Å². The SMILES string of the molecule is COc1ccc(CCNc2ncc(F)cc2F)cc1OC. The Balaban J connectivity index is 1.97. The Morgan fingerprint density at radius 3 is 2.52 bits per heavy atom. The van der Waals surface area contributed by atoms with Gasteiger partial charge in [0.1, 0.15) is 5.82 Å². The molecule has 1 heterocycles. The summed E-state index contributed by atoms with van der Waals surface area (Å²) in [7, 11) is 3.14. The van der Waals surface area contributed by atoms with Gasteiger partial charge < -0.3 is 14.8 Å². The minimum atomic E-state index is -0.706. The highest BCUT2D eigenvalue weighted by Crippen LogP contribution is 2.27. The van der Waals surface area contributed by atoms with E-state index < -0.39 is 11.6 Å². The van der Waals surface area contributed by atoms with Crippen molar-refractivity contribution in [2.45, 2.75) is 6.42 Å². The Hall–Kier alpha value is -2.37. The second-order valence-electron chi connectivity index (χ2n) is 4.35. The first-order valence-electron chi connectivity index (χ1n) is 6.40. The van der Waals surface area contributed by atoms with E-state index in [9.17, 15) is 8.78 Å². The van der Waals surface area contributed by atoms with Crippen molar-refractivity contribution in [2.75, 3.05) is 26.1 Å². The molecular formula is C15H16F2N2O2. The number of methoxy groups -OCH3 is 2. The van der Waals surface area contributed by atoms with Crippen LogP contribution >= 0.6 is 0 Å². The Morgan fingerprint density at radius 2 is 1.86 bits per heavy atom. The predicted octanol–water partition coefficient (Wildman–Crippen LogP) is 3.03. The molecule has 112 valence electrons. The van der Waals surface area contributed by atoms with Gasteiger partial charge in [0.05, 0.1) is 20.4 Å². The number of benzene rings is 1. The van der Waals surface area contributed by atoms with Gasteiger partial charge >= 0.3 is 0 Å². The molecule has 0 aliphatic heterocycles. The molecule has 1 aromatic heterocycles. The summed E-state index contributed by atoms with van der Waals surface area (Å²) in [5.41, 5.74) is 1.00. The third-order valence-corrected chi connectivity index (χ3v) is 2.96. The molecule has 1 aromatic carbocycles. The summed E-state index contributed by atoms with van der Waals surface area (Å²) in [6.45, 7) is 0.463. The Bertz CT molecular complexity index is 621. The minimum absolute atomic E-state index is 0.0388. The van der Waals surface area contributed by atoms with E-state index in [2.05, 4.69) is 10.3 Å². The third-order valence-electron chi connectivity index (χ3n) is 2.96. The molecule has 0 fully saturated rings. The van der Waals surface area contributed by atoms with Crippen LogP contribution in [0.1, 0.15) is 5.56 Å². The maximum Gasteiger partial charge on any atom is 0.168 e. The van der Waals surface area contributed by atoms with Crippen molar-refractivity contribution in [2.24, 2.45) is 0 Å². The van der Waals surface area contributed by atoms with Crippen molar-refractivity contribution >= 4 is 5.82 Å². The van der Waals surface area contributed by atoms with E-state index >= 15 is 0 Å².